The van der Waals surface area contributed by atoms with Crippen molar-refractivity contribution in [3.63, 3.8) is 0 Å². The largest absolute Gasteiger partial charge is 0.457 e. The first kappa shape index (κ1) is 18.3. The van der Waals surface area contributed by atoms with Crippen LogP contribution >= 0.6 is 0 Å². The molecule has 24 heavy (non-hydrogen) atoms. The van der Waals surface area contributed by atoms with Crippen LogP contribution in [-0.4, -0.2) is 23.7 Å². The highest BCUT2D eigenvalue weighted by Gasteiger charge is 2.49. The van der Waals surface area contributed by atoms with E-state index in [1.807, 2.05) is 44.2 Å². The minimum Gasteiger partial charge on any atom is -0.457 e. The van der Waals surface area contributed by atoms with Gasteiger partial charge in [-0.15, -0.1) is 0 Å². The van der Waals surface area contributed by atoms with Crippen LogP contribution in [0.4, 0.5) is 4.79 Å². The Kier molecular flexibility index (Phi) is 5.86. The Labute approximate surface area is 143 Å². The van der Waals surface area contributed by atoms with E-state index >= 15 is 0 Å². The molecule has 0 bridgehead atoms. The first-order valence-corrected chi connectivity index (χ1v) is 8.50. The number of carbonyl (C=O) groups is 2. The average molecular weight is 333 g/mol. The summed E-state index contributed by atoms with van der Waals surface area (Å²) in [5.74, 6) is 0.189. The molecule has 0 aromatic heterocycles. The predicted octanol–water partition coefficient (Wildman–Crippen LogP) is 3.67. The SMILES string of the molecule is CC(C)C[C@@H](NC(=O)OCc1ccccc1)[C@]1(C)OC(=O)C[C@H]1C. The van der Waals surface area contributed by atoms with Crippen molar-refractivity contribution in [2.45, 2.75) is 58.8 Å². The molecule has 1 aromatic rings. The third-order valence-corrected chi connectivity index (χ3v) is 4.69. The third kappa shape index (κ3) is 4.49. The van der Waals surface area contributed by atoms with Crippen LogP contribution in [0.3, 0.4) is 0 Å². The number of ether oxygens (including phenoxy) is 2. The maximum Gasteiger partial charge on any atom is 0.407 e. The van der Waals surface area contributed by atoms with Gasteiger partial charge in [0, 0.05) is 5.92 Å². The van der Waals surface area contributed by atoms with Gasteiger partial charge in [-0.2, -0.15) is 0 Å². The van der Waals surface area contributed by atoms with E-state index in [4.69, 9.17) is 9.47 Å². The Hall–Kier alpha value is -2.04. The van der Waals surface area contributed by atoms with Crippen LogP contribution in [0.2, 0.25) is 0 Å². The Balaban J connectivity index is 2.00. The summed E-state index contributed by atoms with van der Waals surface area (Å²) >= 11 is 0. The second kappa shape index (κ2) is 7.69. The van der Waals surface area contributed by atoms with E-state index in [0.29, 0.717) is 18.8 Å². The van der Waals surface area contributed by atoms with E-state index in [2.05, 4.69) is 19.2 Å². The first-order valence-electron chi connectivity index (χ1n) is 8.50. The molecule has 1 fully saturated rings. The molecule has 0 aliphatic carbocycles. The molecule has 3 atom stereocenters. The highest BCUT2D eigenvalue weighted by atomic mass is 16.6. The van der Waals surface area contributed by atoms with Gasteiger partial charge in [-0.1, -0.05) is 51.1 Å². The lowest BCUT2D eigenvalue weighted by Crippen LogP contribution is -2.54. The minimum atomic E-state index is -0.701. The van der Waals surface area contributed by atoms with Crippen LogP contribution in [0.15, 0.2) is 30.3 Å². The van der Waals surface area contributed by atoms with E-state index in [0.717, 1.165) is 5.56 Å². The van der Waals surface area contributed by atoms with E-state index in [1.54, 1.807) is 0 Å². The maximum absolute atomic E-state index is 12.2. The Morgan fingerprint density at radius 2 is 2.04 bits per heavy atom. The summed E-state index contributed by atoms with van der Waals surface area (Å²) in [7, 11) is 0. The highest BCUT2D eigenvalue weighted by Crippen LogP contribution is 2.37. The van der Waals surface area contributed by atoms with Crippen molar-refractivity contribution in [1.29, 1.82) is 0 Å². The lowest BCUT2D eigenvalue weighted by atomic mass is 9.80. The normalized spacial score (nSPS) is 24.5. The smallest absolute Gasteiger partial charge is 0.407 e. The first-order chi connectivity index (χ1) is 11.3. The standard InChI is InChI=1S/C19H27NO4/c1-13(2)10-16(19(4)14(3)11-17(21)24-19)20-18(22)23-12-15-8-6-5-7-9-15/h5-9,13-14,16H,10-12H2,1-4H3,(H,20,22)/t14-,16-,19-/m1/s1. The van der Waals surface area contributed by atoms with Crippen LogP contribution in [-0.2, 0) is 20.9 Å². The summed E-state index contributed by atoms with van der Waals surface area (Å²) in [6, 6.07) is 9.25. The molecule has 1 aliphatic rings. The second-order valence-corrected chi connectivity index (χ2v) is 7.15. The molecule has 5 heteroatoms. The minimum absolute atomic E-state index is 0.0446. The van der Waals surface area contributed by atoms with E-state index < -0.39 is 11.7 Å². The molecule has 132 valence electrons. The van der Waals surface area contributed by atoms with Gasteiger partial charge in [0.2, 0.25) is 0 Å². The Morgan fingerprint density at radius 3 is 2.58 bits per heavy atom. The number of hydrogen-bond acceptors (Lipinski definition) is 4. The molecule has 0 radical (unpaired) electrons. The van der Waals surface area contributed by atoms with E-state index in [-0.39, 0.29) is 24.5 Å². The van der Waals surface area contributed by atoms with Gasteiger partial charge in [-0.25, -0.2) is 4.79 Å². The van der Waals surface area contributed by atoms with Crippen molar-refractivity contribution in [2.24, 2.45) is 11.8 Å². The fraction of sp³-hybridized carbons (Fsp3) is 0.579. The Bertz CT molecular complexity index is 572. The van der Waals surface area contributed by atoms with Crippen LogP contribution < -0.4 is 5.32 Å². The number of amides is 1. The van der Waals surface area contributed by atoms with Gasteiger partial charge in [-0.3, -0.25) is 4.79 Å². The lowest BCUT2D eigenvalue weighted by molar-refractivity contribution is -0.150. The quantitative estimate of drug-likeness (QED) is 0.807. The maximum atomic E-state index is 12.2. The topological polar surface area (TPSA) is 64.6 Å². The molecule has 1 amide bonds. The summed E-state index contributed by atoms with van der Waals surface area (Å²) in [5, 5.41) is 2.91. The molecule has 5 nitrogen and oxygen atoms in total. The van der Waals surface area contributed by atoms with Gasteiger partial charge in [0.1, 0.15) is 12.2 Å². The van der Waals surface area contributed by atoms with E-state index in [9.17, 15) is 9.59 Å². The molecule has 0 spiro atoms. The number of esters is 1. The number of hydrogen-bond donors (Lipinski definition) is 1. The highest BCUT2D eigenvalue weighted by molar-refractivity contribution is 5.73. The predicted molar refractivity (Wildman–Crippen MR) is 91.3 cm³/mol. The van der Waals surface area contributed by atoms with Crippen molar-refractivity contribution in [1.82, 2.24) is 5.32 Å². The number of carbonyl (C=O) groups excluding carboxylic acids is 2. The van der Waals surface area contributed by atoms with Crippen LogP contribution in [0, 0.1) is 11.8 Å². The molecule has 1 saturated heterocycles. The molecular formula is C19H27NO4. The molecule has 1 N–H and O–H groups in total. The monoisotopic (exact) mass is 333 g/mol. The molecule has 0 unspecified atom stereocenters. The Morgan fingerprint density at radius 1 is 1.38 bits per heavy atom. The zero-order chi connectivity index (χ0) is 17.7. The second-order valence-electron chi connectivity index (χ2n) is 7.15. The van der Waals surface area contributed by atoms with Crippen LogP contribution in [0.25, 0.3) is 0 Å². The van der Waals surface area contributed by atoms with Gasteiger partial charge in [0.15, 0.2) is 0 Å². The van der Waals surface area contributed by atoms with Crippen molar-refractivity contribution in [2.75, 3.05) is 0 Å². The summed E-state index contributed by atoms with van der Waals surface area (Å²) in [4.78, 5) is 23.9. The average Bonchev–Trinajstić information content (AvgIpc) is 2.79. The molecule has 0 saturated carbocycles. The van der Waals surface area contributed by atoms with Crippen molar-refractivity contribution in [3.05, 3.63) is 35.9 Å². The van der Waals surface area contributed by atoms with Crippen LogP contribution in [0.5, 0.6) is 0 Å². The molecule has 1 heterocycles. The zero-order valence-corrected chi connectivity index (χ0v) is 14.9. The molecular weight excluding hydrogens is 306 g/mol. The zero-order valence-electron chi connectivity index (χ0n) is 14.9. The van der Waals surface area contributed by atoms with E-state index in [1.165, 1.54) is 0 Å². The van der Waals surface area contributed by atoms with Gasteiger partial charge in [0.05, 0.1) is 12.5 Å². The van der Waals surface area contributed by atoms with Gasteiger partial charge >= 0.3 is 12.1 Å². The van der Waals surface area contributed by atoms with Crippen molar-refractivity contribution < 1.29 is 19.1 Å². The molecule has 1 aromatic carbocycles. The number of nitrogens with one attached hydrogen (secondary N) is 1. The van der Waals surface area contributed by atoms with Crippen LogP contribution in [0.1, 0.15) is 46.1 Å². The van der Waals surface area contributed by atoms with Crippen molar-refractivity contribution >= 4 is 12.1 Å². The molecule has 2 rings (SSSR count). The van der Waals surface area contributed by atoms with Gasteiger partial charge in [0.25, 0.3) is 0 Å². The summed E-state index contributed by atoms with van der Waals surface area (Å²) in [5.41, 5.74) is 0.229. The molecule has 1 aliphatic heterocycles. The summed E-state index contributed by atoms with van der Waals surface area (Å²) < 4.78 is 10.9. The van der Waals surface area contributed by atoms with Gasteiger partial charge in [-0.05, 0) is 24.8 Å². The fourth-order valence-corrected chi connectivity index (χ4v) is 3.07. The number of benzene rings is 1. The van der Waals surface area contributed by atoms with Crippen molar-refractivity contribution in [3.8, 4) is 0 Å². The lowest BCUT2D eigenvalue weighted by Gasteiger charge is -2.37. The number of alkyl carbamates (subject to hydrolysis) is 1. The fourth-order valence-electron chi connectivity index (χ4n) is 3.07. The number of cyclic esters (lactones) is 1. The summed E-state index contributed by atoms with van der Waals surface area (Å²) in [6.07, 6.45) is 0.612. The van der Waals surface area contributed by atoms with Gasteiger partial charge < -0.3 is 14.8 Å². The summed E-state index contributed by atoms with van der Waals surface area (Å²) in [6.45, 7) is 8.25. The third-order valence-electron chi connectivity index (χ3n) is 4.69. The number of rotatable bonds is 6.